The Hall–Kier alpha value is -2.01. The molecule has 5 heteroatoms. The maximum Gasteiger partial charge on any atom is 0.232 e. The lowest BCUT2D eigenvalue weighted by atomic mass is 9.90. The van der Waals surface area contributed by atoms with Gasteiger partial charge in [-0.1, -0.05) is 34.1 Å². The van der Waals surface area contributed by atoms with Gasteiger partial charge in [0.2, 0.25) is 5.91 Å². The van der Waals surface area contributed by atoms with E-state index >= 15 is 0 Å². The van der Waals surface area contributed by atoms with Crippen LogP contribution in [0.1, 0.15) is 17.9 Å². The number of phenols is 1. The minimum atomic E-state index is -0.208. The number of carbonyl (C=O) groups is 1. The third-order valence-electron chi connectivity index (χ3n) is 3.62. The van der Waals surface area contributed by atoms with Crippen LogP contribution in [-0.4, -0.2) is 17.6 Å². The van der Waals surface area contributed by atoms with E-state index in [2.05, 4.69) is 26.6 Å². The van der Waals surface area contributed by atoms with E-state index in [1.54, 1.807) is 18.2 Å². The number of rotatable bonds is 2. The summed E-state index contributed by atoms with van der Waals surface area (Å²) < 4.78 is 0.807. The van der Waals surface area contributed by atoms with Gasteiger partial charge in [-0.2, -0.15) is 0 Å². The number of fused-ring (bicyclic) bond motifs is 1. The average molecular weight is 347 g/mol. The van der Waals surface area contributed by atoms with E-state index in [-0.39, 0.29) is 17.6 Å². The first kappa shape index (κ1) is 13.9. The van der Waals surface area contributed by atoms with Crippen molar-refractivity contribution in [3.05, 3.63) is 52.5 Å². The quantitative estimate of drug-likeness (QED) is 0.726. The number of anilines is 2. The summed E-state index contributed by atoms with van der Waals surface area (Å²) in [5.74, 6) is -0.244. The van der Waals surface area contributed by atoms with Crippen molar-refractivity contribution >= 4 is 33.2 Å². The van der Waals surface area contributed by atoms with E-state index in [9.17, 15) is 9.90 Å². The van der Waals surface area contributed by atoms with Crippen LogP contribution in [-0.2, 0) is 4.79 Å². The van der Waals surface area contributed by atoms with Gasteiger partial charge in [0, 0.05) is 16.7 Å². The minimum absolute atomic E-state index is 0.0637. The van der Waals surface area contributed by atoms with Gasteiger partial charge in [-0.3, -0.25) is 4.79 Å². The first-order chi connectivity index (χ1) is 10.1. The Bertz CT molecular complexity index is 688. The van der Waals surface area contributed by atoms with Crippen LogP contribution in [0, 0.1) is 0 Å². The lowest BCUT2D eigenvalue weighted by Gasteiger charge is -2.26. The molecule has 108 valence electrons. The third kappa shape index (κ3) is 2.88. The van der Waals surface area contributed by atoms with Gasteiger partial charge in [-0.05, 0) is 36.2 Å². The molecule has 2 aromatic rings. The Balaban J connectivity index is 1.85. The Morgan fingerprint density at radius 3 is 2.95 bits per heavy atom. The van der Waals surface area contributed by atoms with Crippen LogP contribution in [0.5, 0.6) is 5.75 Å². The minimum Gasteiger partial charge on any atom is -0.506 e. The van der Waals surface area contributed by atoms with E-state index in [0.717, 1.165) is 28.7 Å². The number of hydrogen-bond donors (Lipinski definition) is 3. The number of carbonyl (C=O) groups excluding carboxylic acids is 1. The standard InChI is InChI=1S/C16H15BrN2O2/c17-10-5-6-15(20)14(9-10)19-16(21)12-7-8-18-13-4-2-1-3-11(12)13/h1-6,9,12,18,20H,7-8H2,(H,19,21). The zero-order valence-electron chi connectivity index (χ0n) is 11.3. The van der Waals surface area contributed by atoms with Gasteiger partial charge in [0.05, 0.1) is 11.6 Å². The fraction of sp³-hybridized carbons (Fsp3) is 0.188. The van der Waals surface area contributed by atoms with Crippen molar-refractivity contribution in [2.24, 2.45) is 0 Å². The monoisotopic (exact) mass is 346 g/mol. The molecule has 4 nitrogen and oxygen atoms in total. The second-order valence-corrected chi connectivity index (χ2v) is 5.92. The van der Waals surface area contributed by atoms with Crippen molar-refractivity contribution in [3.8, 4) is 5.75 Å². The average Bonchev–Trinajstić information content (AvgIpc) is 2.50. The van der Waals surface area contributed by atoms with E-state index in [4.69, 9.17) is 0 Å². The molecule has 0 saturated carbocycles. The molecule has 0 aliphatic carbocycles. The van der Waals surface area contributed by atoms with Crippen molar-refractivity contribution in [3.63, 3.8) is 0 Å². The molecule has 3 N–H and O–H groups in total. The number of nitrogens with one attached hydrogen (secondary N) is 2. The second kappa shape index (κ2) is 5.77. The molecule has 0 aromatic heterocycles. The Labute approximate surface area is 131 Å². The third-order valence-corrected chi connectivity index (χ3v) is 4.11. The molecule has 0 radical (unpaired) electrons. The molecule has 1 atom stereocenters. The van der Waals surface area contributed by atoms with Gasteiger partial charge in [0.1, 0.15) is 5.75 Å². The lowest BCUT2D eigenvalue weighted by Crippen LogP contribution is -2.27. The number of aromatic hydroxyl groups is 1. The molecule has 0 fully saturated rings. The maximum absolute atomic E-state index is 12.5. The Morgan fingerprint density at radius 2 is 2.10 bits per heavy atom. The number of amides is 1. The van der Waals surface area contributed by atoms with Crippen LogP contribution in [0.25, 0.3) is 0 Å². The molecule has 1 unspecified atom stereocenters. The van der Waals surface area contributed by atoms with E-state index in [0.29, 0.717) is 5.69 Å². The molecular weight excluding hydrogens is 332 g/mol. The Morgan fingerprint density at radius 1 is 1.29 bits per heavy atom. The summed E-state index contributed by atoms with van der Waals surface area (Å²) in [5, 5.41) is 15.9. The summed E-state index contributed by atoms with van der Waals surface area (Å²) in [5.41, 5.74) is 2.42. The number of halogens is 1. The first-order valence-electron chi connectivity index (χ1n) is 6.77. The first-order valence-corrected chi connectivity index (χ1v) is 7.56. The largest absolute Gasteiger partial charge is 0.506 e. The molecular formula is C16H15BrN2O2. The smallest absolute Gasteiger partial charge is 0.232 e. The normalized spacial score (nSPS) is 16.7. The van der Waals surface area contributed by atoms with Crippen LogP contribution in [0.4, 0.5) is 11.4 Å². The summed E-state index contributed by atoms with van der Waals surface area (Å²) >= 11 is 3.34. The van der Waals surface area contributed by atoms with Crippen LogP contribution in [0.2, 0.25) is 0 Å². The van der Waals surface area contributed by atoms with Gasteiger partial charge < -0.3 is 15.7 Å². The van der Waals surface area contributed by atoms with E-state index in [1.165, 1.54) is 0 Å². The molecule has 0 bridgehead atoms. The van der Waals surface area contributed by atoms with Crippen LogP contribution in [0.3, 0.4) is 0 Å². The summed E-state index contributed by atoms with van der Waals surface area (Å²) in [6, 6.07) is 12.8. The van der Waals surface area contributed by atoms with Gasteiger partial charge in [-0.25, -0.2) is 0 Å². The molecule has 3 rings (SSSR count). The molecule has 0 saturated heterocycles. The van der Waals surface area contributed by atoms with Crippen LogP contribution < -0.4 is 10.6 Å². The van der Waals surface area contributed by atoms with Crippen molar-refractivity contribution in [1.82, 2.24) is 0 Å². The maximum atomic E-state index is 12.5. The van der Waals surface area contributed by atoms with Crippen molar-refractivity contribution in [2.75, 3.05) is 17.2 Å². The SMILES string of the molecule is O=C(Nc1cc(Br)ccc1O)C1CCNc2ccccc21. The number of para-hydroxylation sites is 1. The fourth-order valence-corrected chi connectivity index (χ4v) is 2.93. The zero-order valence-corrected chi connectivity index (χ0v) is 12.9. The molecule has 1 aliphatic heterocycles. The highest BCUT2D eigenvalue weighted by Gasteiger charge is 2.26. The molecule has 2 aromatic carbocycles. The topological polar surface area (TPSA) is 61.4 Å². The van der Waals surface area contributed by atoms with Gasteiger partial charge in [0.15, 0.2) is 0 Å². The predicted molar refractivity (Wildman–Crippen MR) is 86.7 cm³/mol. The molecule has 21 heavy (non-hydrogen) atoms. The van der Waals surface area contributed by atoms with Crippen molar-refractivity contribution in [2.45, 2.75) is 12.3 Å². The van der Waals surface area contributed by atoms with Gasteiger partial charge in [-0.15, -0.1) is 0 Å². The lowest BCUT2D eigenvalue weighted by molar-refractivity contribution is -0.117. The summed E-state index contributed by atoms with van der Waals surface area (Å²) in [6.45, 7) is 0.763. The highest BCUT2D eigenvalue weighted by atomic mass is 79.9. The number of benzene rings is 2. The van der Waals surface area contributed by atoms with Gasteiger partial charge in [0.25, 0.3) is 0 Å². The summed E-state index contributed by atoms with van der Waals surface area (Å²) in [6.07, 6.45) is 0.734. The van der Waals surface area contributed by atoms with Crippen molar-refractivity contribution in [1.29, 1.82) is 0 Å². The summed E-state index contributed by atoms with van der Waals surface area (Å²) in [7, 11) is 0. The number of phenolic OH excluding ortho intramolecular Hbond substituents is 1. The van der Waals surface area contributed by atoms with E-state index < -0.39 is 0 Å². The molecule has 1 amide bonds. The molecule has 0 spiro atoms. The second-order valence-electron chi connectivity index (χ2n) is 5.01. The number of hydrogen-bond acceptors (Lipinski definition) is 3. The van der Waals surface area contributed by atoms with Crippen LogP contribution >= 0.6 is 15.9 Å². The summed E-state index contributed by atoms with van der Waals surface area (Å²) in [4.78, 5) is 12.5. The predicted octanol–water partition coefficient (Wildman–Crippen LogP) is 3.69. The van der Waals surface area contributed by atoms with Gasteiger partial charge >= 0.3 is 0 Å². The Kier molecular flexibility index (Phi) is 3.84. The highest BCUT2D eigenvalue weighted by molar-refractivity contribution is 9.10. The van der Waals surface area contributed by atoms with Crippen molar-refractivity contribution < 1.29 is 9.90 Å². The van der Waals surface area contributed by atoms with E-state index in [1.807, 2.05) is 24.3 Å². The highest BCUT2D eigenvalue weighted by Crippen LogP contribution is 2.33. The van der Waals surface area contributed by atoms with Crippen LogP contribution in [0.15, 0.2) is 46.9 Å². The fourth-order valence-electron chi connectivity index (χ4n) is 2.57. The molecule has 1 heterocycles. The molecule has 1 aliphatic rings. The zero-order chi connectivity index (χ0) is 14.8.